The van der Waals surface area contributed by atoms with E-state index in [9.17, 15) is 4.79 Å². The van der Waals surface area contributed by atoms with Crippen LogP contribution in [0.4, 0.5) is 0 Å². The Hall–Kier alpha value is -0.540. The average Bonchev–Trinajstić information content (AvgIpc) is 2.16. The fourth-order valence-corrected chi connectivity index (χ4v) is 1.65. The van der Waals surface area contributed by atoms with Crippen LogP contribution in [-0.4, -0.2) is 12.9 Å². The number of carbonyl (C=O) groups is 1. The summed E-state index contributed by atoms with van der Waals surface area (Å²) in [7, 11) is 1.55. The molecule has 0 aromatic heterocycles. The molecule has 0 aliphatic rings. The summed E-state index contributed by atoms with van der Waals surface area (Å²) in [5, 5.41) is 0.592. The van der Waals surface area contributed by atoms with Crippen molar-refractivity contribution >= 4 is 33.3 Å². The van der Waals surface area contributed by atoms with E-state index in [4.69, 9.17) is 16.3 Å². The molecule has 0 spiro atoms. The van der Waals surface area contributed by atoms with Gasteiger partial charge >= 0.3 is 0 Å². The monoisotopic (exact) mass is 276 g/mol. The van der Waals surface area contributed by atoms with E-state index in [-0.39, 0.29) is 10.6 Å². The number of ether oxygens (including phenoxy) is 1. The first-order valence-electron chi connectivity index (χ1n) is 4.04. The molecule has 1 unspecified atom stereocenters. The summed E-state index contributed by atoms with van der Waals surface area (Å²) in [6, 6.07) is 5.20. The van der Waals surface area contributed by atoms with Crippen LogP contribution >= 0.6 is 27.5 Å². The van der Waals surface area contributed by atoms with Crippen molar-refractivity contribution in [3.05, 3.63) is 28.8 Å². The van der Waals surface area contributed by atoms with Gasteiger partial charge in [-0.05, 0) is 19.1 Å². The number of rotatable bonds is 3. The van der Waals surface area contributed by atoms with E-state index in [2.05, 4.69) is 15.9 Å². The molecule has 0 saturated heterocycles. The maximum Gasteiger partial charge on any atom is 0.147 e. The number of hydrogen-bond donors (Lipinski definition) is 0. The maximum atomic E-state index is 11.2. The minimum absolute atomic E-state index is 0.0330. The first-order valence-corrected chi connectivity index (χ1v) is 5.33. The van der Waals surface area contributed by atoms with Gasteiger partial charge in [-0.3, -0.25) is 4.79 Å². The Morgan fingerprint density at radius 3 is 2.71 bits per heavy atom. The second-order valence-electron chi connectivity index (χ2n) is 2.86. The number of ketones is 1. The highest BCUT2D eigenvalue weighted by atomic mass is 79.9. The van der Waals surface area contributed by atoms with Crippen molar-refractivity contribution in [2.45, 2.75) is 11.8 Å². The van der Waals surface area contributed by atoms with Crippen LogP contribution in [0.25, 0.3) is 0 Å². The van der Waals surface area contributed by atoms with E-state index >= 15 is 0 Å². The molecule has 0 aliphatic heterocycles. The molecule has 0 radical (unpaired) electrons. The number of methoxy groups -OCH3 is 1. The summed E-state index contributed by atoms with van der Waals surface area (Å²) in [5.41, 5.74) is 0.796. The van der Waals surface area contributed by atoms with Crippen molar-refractivity contribution in [1.82, 2.24) is 0 Å². The van der Waals surface area contributed by atoms with Gasteiger partial charge < -0.3 is 4.74 Å². The third kappa shape index (κ3) is 2.49. The molecule has 0 amide bonds. The van der Waals surface area contributed by atoms with Crippen molar-refractivity contribution in [1.29, 1.82) is 0 Å². The van der Waals surface area contributed by atoms with E-state index in [1.165, 1.54) is 6.92 Å². The fraction of sp³-hybridized carbons (Fsp3) is 0.300. The minimum Gasteiger partial charge on any atom is -0.496 e. The lowest BCUT2D eigenvalue weighted by atomic mass is 10.1. The van der Waals surface area contributed by atoms with Crippen molar-refractivity contribution in [3.8, 4) is 5.75 Å². The molecule has 1 atom stereocenters. The Labute approximate surface area is 96.3 Å². The lowest BCUT2D eigenvalue weighted by Crippen LogP contribution is -2.03. The van der Waals surface area contributed by atoms with Gasteiger partial charge in [-0.1, -0.05) is 33.6 Å². The Morgan fingerprint density at radius 1 is 1.57 bits per heavy atom. The average molecular weight is 278 g/mol. The molecular weight excluding hydrogens is 267 g/mol. The van der Waals surface area contributed by atoms with Crippen molar-refractivity contribution < 1.29 is 9.53 Å². The van der Waals surface area contributed by atoms with Crippen LogP contribution in [0, 0.1) is 0 Å². The van der Waals surface area contributed by atoms with E-state index in [0.717, 1.165) is 5.56 Å². The zero-order chi connectivity index (χ0) is 10.7. The van der Waals surface area contributed by atoms with Gasteiger partial charge in [0.05, 0.1) is 7.11 Å². The largest absolute Gasteiger partial charge is 0.496 e. The van der Waals surface area contributed by atoms with Gasteiger partial charge in [0.2, 0.25) is 0 Å². The predicted molar refractivity (Wildman–Crippen MR) is 60.4 cm³/mol. The van der Waals surface area contributed by atoms with Crippen molar-refractivity contribution in [2.24, 2.45) is 0 Å². The van der Waals surface area contributed by atoms with Crippen molar-refractivity contribution in [3.63, 3.8) is 0 Å². The van der Waals surface area contributed by atoms with E-state index in [0.29, 0.717) is 10.8 Å². The first kappa shape index (κ1) is 11.5. The smallest absolute Gasteiger partial charge is 0.147 e. The Balaban J connectivity index is 3.13. The number of alkyl halides is 1. The summed E-state index contributed by atoms with van der Waals surface area (Å²) < 4.78 is 5.13. The second-order valence-corrected chi connectivity index (χ2v) is 4.21. The van der Waals surface area contributed by atoms with Gasteiger partial charge in [0.15, 0.2) is 0 Å². The standard InChI is InChI=1S/C10H10BrClO2/c1-6(13)10(11)8-4-3-7(12)5-9(8)14-2/h3-5,10H,1-2H3. The zero-order valence-corrected chi connectivity index (χ0v) is 10.2. The molecule has 76 valence electrons. The molecule has 1 aromatic rings. The van der Waals surface area contributed by atoms with Gasteiger partial charge in [-0.25, -0.2) is 0 Å². The van der Waals surface area contributed by atoms with E-state index in [1.807, 2.05) is 0 Å². The number of Topliss-reactive ketones (excluding diaryl/α,β-unsaturated/α-hetero) is 1. The second kappa shape index (κ2) is 4.80. The molecule has 1 aromatic carbocycles. The van der Waals surface area contributed by atoms with E-state index < -0.39 is 0 Å². The first-order chi connectivity index (χ1) is 6.56. The van der Waals surface area contributed by atoms with Crippen LogP contribution in [0.5, 0.6) is 5.75 Å². The summed E-state index contributed by atoms with van der Waals surface area (Å²) in [6.45, 7) is 1.52. The molecule has 0 fully saturated rings. The zero-order valence-electron chi connectivity index (χ0n) is 7.88. The summed E-state index contributed by atoms with van der Waals surface area (Å²) >= 11 is 9.09. The van der Waals surface area contributed by atoms with Crippen LogP contribution in [-0.2, 0) is 4.79 Å². The summed E-state index contributed by atoms with van der Waals surface area (Å²) in [5.74, 6) is 0.653. The van der Waals surface area contributed by atoms with Gasteiger partial charge in [0.1, 0.15) is 16.4 Å². The molecule has 4 heteroatoms. The van der Waals surface area contributed by atoms with Crippen molar-refractivity contribution in [2.75, 3.05) is 7.11 Å². The predicted octanol–water partition coefficient (Wildman–Crippen LogP) is 3.37. The number of hydrogen-bond acceptors (Lipinski definition) is 2. The third-order valence-corrected chi connectivity index (χ3v) is 3.20. The molecule has 0 bridgehead atoms. The topological polar surface area (TPSA) is 26.3 Å². The van der Waals surface area contributed by atoms with Gasteiger partial charge in [0.25, 0.3) is 0 Å². The molecule has 0 N–H and O–H groups in total. The van der Waals surface area contributed by atoms with Crippen LogP contribution < -0.4 is 4.74 Å². The van der Waals surface area contributed by atoms with Crippen LogP contribution in [0.15, 0.2) is 18.2 Å². The SMILES string of the molecule is COc1cc(Cl)ccc1C(Br)C(C)=O. The molecule has 14 heavy (non-hydrogen) atoms. The lowest BCUT2D eigenvalue weighted by molar-refractivity contribution is -0.116. The minimum atomic E-state index is -0.338. The third-order valence-electron chi connectivity index (χ3n) is 1.83. The van der Waals surface area contributed by atoms with Crippen LogP contribution in [0.1, 0.15) is 17.3 Å². The highest BCUT2D eigenvalue weighted by Crippen LogP contribution is 2.33. The Kier molecular flexibility index (Phi) is 3.96. The van der Waals surface area contributed by atoms with E-state index in [1.54, 1.807) is 25.3 Å². The Bertz CT molecular complexity index is 352. The molecule has 0 heterocycles. The number of carbonyl (C=O) groups excluding carboxylic acids is 1. The van der Waals surface area contributed by atoms with Gasteiger partial charge in [-0.15, -0.1) is 0 Å². The fourth-order valence-electron chi connectivity index (χ4n) is 1.11. The number of benzene rings is 1. The normalized spacial score (nSPS) is 12.3. The lowest BCUT2D eigenvalue weighted by Gasteiger charge is -2.11. The summed E-state index contributed by atoms with van der Waals surface area (Å²) in [4.78, 5) is 10.8. The summed E-state index contributed by atoms with van der Waals surface area (Å²) in [6.07, 6.45) is 0. The molecule has 1 rings (SSSR count). The molecule has 2 nitrogen and oxygen atoms in total. The molecule has 0 saturated carbocycles. The van der Waals surface area contributed by atoms with Gasteiger partial charge in [-0.2, -0.15) is 0 Å². The highest BCUT2D eigenvalue weighted by Gasteiger charge is 2.17. The molecular formula is C10H10BrClO2. The quantitative estimate of drug-likeness (QED) is 0.792. The highest BCUT2D eigenvalue weighted by molar-refractivity contribution is 9.09. The van der Waals surface area contributed by atoms with Gasteiger partial charge in [0, 0.05) is 10.6 Å². The van der Waals surface area contributed by atoms with Crippen LogP contribution in [0.2, 0.25) is 5.02 Å². The van der Waals surface area contributed by atoms with Crippen LogP contribution in [0.3, 0.4) is 0 Å². The Morgan fingerprint density at radius 2 is 2.21 bits per heavy atom. The molecule has 0 aliphatic carbocycles. The number of halogens is 2. The maximum absolute atomic E-state index is 11.2.